The molecule has 9 heteroatoms. The third kappa shape index (κ3) is 6.18. The number of rotatable bonds is 6. The molecule has 1 amide bonds. The Kier molecular flexibility index (Phi) is 6.68. The molecule has 0 aliphatic rings. The summed E-state index contributed by atoms with van der Waals surface area (Å²) in [5.74, 6) is -0.912. The molecular weight excluding hydrogens is 387 g/mol. The third-order valence-electron chi connectivity index (χ3n) is 3.44. The molecule has 0 spiro atoms. The number of esters is 1. The van der Waals surface area contributed by atoms with Gasteiger partial charge in [0.25, 0.3) is 5.91 Å². The van der Waals surface area contributed by atoms with E-state index in [0.717, 1.165) is 24.3 Å². The SMILES string of the molecule is COc1ccc(Cl)cc1CC(=O)OCC(=O)Nc1ccc(C(F)(F)F)cc1. The molecule has 0 aromatic heterocycles. The van der Waals surface area contributed by atoms with Gasteiger partial charge in [0.15, 0.2) is 6.61 Å². The Morgan fingerprint density at radius 2 is 1.78 bits per heavy atom. The highest BCUT2D eigenvalue weighted by atomic mass is 35.5. The highest BCUT2D eigenvalue weighted by Gasteiger charge is 2.30. The first-order valence-corrected chi connectivity index (χ1v) is 8.02. The van der Waals surface area contributed by atoms with Crippen LogP contribution in [-0.2, 0) is 26.9 Å². The Bertz CT molecular complexity index is 822. The van der Waals surface area contributed by atoms with Crippen LogP contribution in [0.1, 0.15) is 11.1 Å². The zero-order valence-electron chi connectivity index (χ0n) is 14.1. The lowest BCUT2D eigenvalue weighted by molar-refractivity contribution is -0.146. The molecule has 0 atom stereocenters. The van der Waals surface area contributed by atoms with Crippen LogP contribution < -0.4 is 10.1 Å². The molecule has 2 rings (SSSR count). The van der Waals surface area contributed by atoms with Crippen LogP contribution in [0.25, 0.3) is 0 Å². The first-order chi connectivity index (χ1) is 12.7. The number of methoxy groups -OCH3 is 1. The van der Waals surface area contributed by atoms with E-state index in [0.29, 0.717) is 16.3 Å². The summed E-state index contributed by atoms with van der Waals surface area (Å²) in [5, 5.41) is 2.76. The van der Waals surface area contributed by atoms with Gasteiger partial charge in [-0.2, -0.15) is 13.2 Å². The number of alkyl halides is 3. The number of benzene rings is 2. The van der Waals surface area contributed by atoms with Crippen molar-refractivity contribution in [2.75, 3.05) is 19.0 Å². The van der Waals surface area contributed by atoms with E-state index in [1.807, 2.05) is 0 Å². The van der Waals surface area contributed by atoms with Gasteiger partial charge in [-0.1, -0.05) is 11.6 Å². The molecule has 0 aliphatic carbocycles. The molecular formula is C18H15ClF3NO4. The highest BCUT2D eigenvalue weighted by molar-refractivity contribution is 6.30. The van der Waals surface area contributed by atoms with Gasteiger partial charge in [0.1, 0.15) is 5.75 Å². The molecule has 0 heterocycles. The molecule has 0 unspecified atom stereocenters. The van der Waals surface area contributed by atoms with Gasteiger partial charge >= 0.3 is 12.1 Å². The summed E-state index contributed by atoms with van der Waals surface area (Å²) in [7, 11) is 1.44. The lowest BCUT2D eigenvalue weighted by atomic mass is 10.1. The average Bonchev–Trinajstić information content (AvgIpc) is 2.60. The maximum absolute atomic E-state index is 12.5. The summed E-state index contributed by atoms with van der Waals surface area (Å²) >= 11 is 5.87. The van der Waals surface area contributed by atoms with Gasteiger partial charge in [-0.05, 0) is 42.5 Å². The summed E-state index contributed by atoms with van der Waals surface area (Å²) < 4.78 is 47.4. The van der Waals surface area contributed by atoms with Crippen LogP contribution in [0.4, 0.5) is 18.9 Å². The van der Waals surface area contributed by atoms with E-state index < -0.39 is 30.2 Å². The minimum absolute atomic E-state index is 0.153. The molecule has 144 valence electrons. The standard InChI is InChI=1S/C18H15ClF3NO4/c1-26-15-7-4-13(19)8-11(15)9-17(25)27-10-16(24)23-14-5-2-12(3-6-14)18(20,21)22/h2-8H,9-10H2,1H3,(H,23,24). The predicted molar refractivity (Wildman–Crippen MR) is 92.7 cm³/mol. The van der Waals surface area contributed by atoms with Crippen LogP contribution in [0.5, 0.6) is 5.75 Å². The summed E-state index contributed by atoms with van der Waals surface area (Å²) in [6.07, 6.45) is -4.61. The molecule has 27 heavy (non-hydrogen) atoms. The van der Waals surface area contributed by atoms with Gasteiger partial charge < -0.3 is 14.8 Å². The van der Waals surface area contributed by atoms with Crippen molar-refractivity contribution in [3.05, 3.63) is 58.6 Å². The van der Waals surface area contributed by atoms with E-state index in [4.69, 9.17) is 21.1 Å². The molecule has 2 aromatic rings. The van der Waals surface area contributed by atoms with Crippen molar-refractivity contribution in [2.45, 2.75) is 12.6 Å². The van der Waals surface area contributed by atoms with Gasteiger partial charge in [0.05, 0.1) is 19.1 Å². The van der Waals surface area contributed by atoms with Crippen molar-refractivity contribution in [1.82, 2.24) is 0 Å². The number of halogens is 4. The van der Waals surface area contributed by atoms with Gasteiger partial charge in [-0.3, -0.25) is 9.59 Å². The molecule has 0 radical (unpaired) electrons. The smallest absolute Gasteiger partial charge is 0.416 e. The van der Waals surface area contributed by atoms with Gasteiger partial charge in [-0.15, -0.1) is 0 Å². The van der Waals surface area contributed by atoms with Crippen LogP contribution in [0.15, 0.2) is 42.5 Å². The number of carbonyl (C=O) groups is 2. The minimum Gasteiger partial charge on any atom is -0.496 e. The Morgan fingerprint density at radius 3 is 2.37 bits per heavy atom. The lowest BCUT2D eigenvalue weighted by Crippen LogP contribution is -2.21. The molecule has 0 aliphatic heterocycles. The monoisotopic (exact) mass is 401 g/mol. The van der Waals surface area contributed by atoms with Crippen LogP contribution in [-0.4, -0.2) is 25.6 Å². The van der Waals surface area contributed by atoms with Crippen LogP contribution in [0.2, 0.25) is 5.02 Å². The molecule has 0 bridgehead atoms. The highest BCUT2D eigenvalue weighted by Crippen LogP contribution is 2.29. The quantitative estimate of drug-likeness (QED) is 0.740. The second kappa shape index (κ2) is 8.77. The van der Waals surface area contributed by atoms with Gasteiger partial charge in [-0.25, -0.2) is 0 Å². The van der Waals surface area contributed by atoms with Crippen LogP contribution in [0, 0.1) is 0 Å². The van der Waals surface area contributed by atoms with Crippen molar-refractivity contribution in [1.29, 1.82) is 0 Å². The van der Waals surface area contributed by atoms with Crippen molar-refractivity contribution < 1.29 is 32.2 Å². The minimum atomic E-state index is -4.46. The Labute approximate surface area is 158 Å². The summed E-state index contributed by atoms with van der Waals surface area (Å²) in [4.78, 5) is 23.6. The fourth-order valence-electron chi connectivity index (χ4n) is 2.18. The van der Waals surface area contributed by atoms with Crippen molar-refractivity contribution >= 4 is 29.2 Å². The second-order valence-electron chi connectivity index (χ2n) is 5.42. The molecule has 2 aromatic carbocycles. The zero-order valence-corrected chi connectivity index (χ0v) is 14.9. The number of anilines is 1. The normalized spacial score (nSPS) is 11.0. The molecule has 0 saturated heterocycles. The molecule has 1 N–H and O–H groups in total. The second-order valence-corrected chi connectivity index (χ2v) is 5.85. The van der Waals surface area contributed by atoms with Crippen LogP contribution in [0.3, 0.4) is 0 Å². The largest absolute Gasteiger partial charge is 0.496 e. The zero-order chi connectivity index (χ0) is 20.0. The third-order valence-corrected chi connectivity index (χ3v) is 3.67. The number of ether oxygens (including phenoxy) is 2. The number of nitrogens with one attached hydrogen (secondary N) is 1. The Hall–Kier alpha value is -2.74. The number of hydrogen-bond donors (Lipinski definition) is 1. The topological polar surface area (TPSA) is 64.6 Å². The molecule has 5 nitrogen and oxygen atoms in total. The van der Waals surface area contributed by atoms with E-state index in [1.54, 1.807) is 18.2 Å². The maximum Gasteiger partial charge on any atom is 0.416 e. The molecule has 0 fully saturated rings. The maximum atomic E-state index is 12.5. The fourth-order valence-corrected chi connectivity index (χ4v) is 2.37. The van der Waals surface area contributed by atoms with Crippen molar-refractivity contribution in [3.63, 3.8) is 0 Å². The van der Waals surface area contributed by atoms with E-state index in [9.17, 15) is 22.8 Å². The van der Waals surface area contributed by atoms with Crippen LogP contribution >= 0.6 is 11.6 Å². The number of carbonyl (C=O) groups excluding carboxylic acids is 2. The summed E-state index contributed by atoms with van der Waals surface area (Å²) in [5.41, 5.74) is -0.180. The van der Waals surface area contributed by atoms with Crippen molar-refractivity contribution in [2.24, 2.45) is 0 Å². The molecule has 0 saturated carbocycles. The predicted octanol–water partition coefficient (Wildman–Crippen LogP) is 4.09. The average molecular weight is 402 g/mol. The Morgan fingerprint density at radius 1 is 1.11 bits per heavy atom. The van der Waals surface area contributed by atoms with Gasteiger partial charge in [0, 0.05) is 16.3 Å². The lowest BCUT2D eigenvalue weighted by Gasteiger charge is -2.10. The van der Waals surface area contributed by atoms with Gasteiger partial charge in [0.2, 0.25) is 0 Å². The van der Waals surface area contributed by atoms with Crippen molar-refractivity contribution in [3.8, 4) is 5.75 Å². The summed E-state index contributed by atoms with van der Waals surface area (Å²) in [6.45, 7) is -0.581. The Balaban J connectivity index is 1.86. The van der Waals surface area contributed by atoms with E-state index >= 15 is 0 Å². The first-order valence-electron chi connectivity index (χ1n) is 7.64. The first kappa shape index (κ1) is 20.6. The van der Waals surface area contributed by atoms with E-state index in [2.05, 4.69) is 5.32 Å². The summed E-state index contributed by atoms with van der Waals surface area (Å²) in [6, 6.07) is 8.65. The number of amides is 1. The number of hydrogen-bond acceptors (Lipinski definition) is 4. The fraction of sp³-hybridized carbons (Fsp3) is 0.222. The van der Waals surface area contributed by atoms with E-state index in [1.165, 1.54) is 7.11 Å². The van der Waals surface area contributed by atoms with E-state index in [-0.39, 0.29) is 12.1 Å².